The van der Waals surface area contributed by atoms with Crippen molar-refractivity contribution in [2.45, 2.75) is 37.6 Å². The van der Waals surface area contributed by atoms with Crippen molar-refractivity contribution in [3.63, 3.8) is 0 Å². The highest BCUT2D eigenvalue weighted by atomic mass is 32.2. The summed E-state index contributed by atoms with van der Waals surface area (Å²) in [5, 5.41) is 9.52. The Kier molecular flexibility index (Phi) is 5.65. The predicted octanol–water partition coefficient (Wildman–Crippen LogP) is 2.61. The largest absolute Gasteiger partial charge is 0.377 e. The molecule has 1 aliphatic heterocycles. The number of hydrogen-bond donors (Lipinski definition) is 1. The number of nitrogens with one attached hydrogen (secondary N) is 1. The molecule has 0 radical (unpaired) electrons. The Hall–Kier alpha value is -1.58. The summed E-state index contributed by atoms with van der Waals surface area (Å²) in [7, 11) is -3.28. The summed E-state index contributed by atoms with van der Waals surface area (Å²) in [4.78, 5) is 0. The Morgan fingerprint density at radius 2 is 2.08 bits per heavy atom. The van der Waals surface area contributed by atoms with Crippen molar-refractivity contribution in [1.29, 1.82) is 0 Å². The topological polar surface area (TPSA) is 86.1 Å². The van der Waals surface area contributed by atoms with Gasteiger partial charge in [-0.25, -0.2) is 8.42 Å². The zero-order chi connectivity index (χ0) is 17.9. The van der Waals surface area contributed by atoms with Crippen molar-refractivity contribution < 1.29 is 13.2 Å². The number of benzene rings is 1. The van der Waals surface area contributed by atoms with Crippen LogP contribution in [0, 0.1) is 0 Å². The Bertz CT molecular complexity index is 812. The molecule has 9 heteroatoms. The molecule has 2 heterocycles. The van der Waals surface area contributed by atoms with Gasteiger partial charge in [-0.2, -0.15) is 0 Å². The van der Waals surface area contributed by atoms with Crippen molar-refractivity contribution in [3.8, 4) is 11.4 Å². The van der Waals surface area contributed by atoms with Gasteiger partial charge in [0, 0.05) is 30.2 Å². The van der Waals surface area contributed by atoms with Crippen LogP contribution in [0.3, 0.4) is 0 Å². The van der Waals surface area contributed by atoms with E-state index in [1.165, 1.54) is 0 Å². The summed E-state index contributed by atoms with van der Waals surface area (Å²) < 4.78 is 32.8. The van der Waals surface area contributed by atoms with Crippen LogP contribution in [0.5, 0.6) is 0 Å². The average Bonchev–Trinajstić information content (AvgIpc) is 3.21. The van der Waals surface area contributed by atoms with Gasteiger partial charge in [0.15, 0.2) is 11.0 Å². The van der Waals surface area contributed by atoms with Crippen molar-refractivity contribution in [1.82, 2.24) is 14.8 Å². The number of rotatable bonds is 7. The minimum absolute atomic E-state index is 0.303. The van der Waals surface area contributed by atoms with Crippen LogP contribution in [-0.2, 0) is 21.3 Å². The average molecular weight is 383 g/mol. The molecular formula is C16H22N4O3S2. The van der Waals surface area contributed by atoms with Crippen LogP contribution in [0.4, 0.5) is 5.69 Å². The standard InChI is InChI=1S/C16H22N4O3S2/c1-3-20-15(12-6-8-13(9-7-12)19-25(2,21)22)17-18-16(20)24-11-14-5-4-10-23-14/h6-9,14,19H,3-5,10-11H2,1-2H3. The van der Waals surface area contributed by atoms with Crippen LogP contribution in [0.25, 0.3) is 11.4 Å². The molecule has 0 bridgehead atoms. The summed E-state index contributed by atoms with van der Waals surface area (Å²) in [6.07, 6.45) is 3.67. The number of anilines is 1. The van der Waals surface area contributed by atoms with Crippen molar-refractivity contribution >= 4 is 27.5 Å². The van der Waals surface area contributed by atoms with E-state index in [0.717, 1.165) is 54.5 Å². The lowest BCUT2D eigenvalue weighted by Gasteiger charge is -2.10. The first-order chi connectivity index (χ1) is 12.0. The van der Waals surface area contributed by atoms with Gasteiger partial charge in [-0.15, -0.1) is 10.2 Å². The molecule has 0 saturated carbocycles. The van der Waals surface area contributed by atoms with Crippen molar-refractivity contribution in [2.75, 3.05) is 23.3 Å². The molecule has 1 atom stereocenters. The normalized spacial score (nSPS) is 17.8. The summed E-state index contributed by atoms with van der Waals surface area (Å²) >= 11 is 1.67. The number of sulfonamides is 1. The quantitative estimate of drug-likeness (QED) is 0.741. The molecule has 136 valence electrons. The van der Waals surface area contributed by atoms with Gasteiger partial charge in [0.2, 0.25) is 10.0 Å². The number of ether oxygens (including phenoxy) is 1. The van der Waals surface area contributed by atoms with E-state index in [9.17, 15) is 8.42 Å². The highest BCUT2D eigenvalue weighted by Crippen LogP contribution is 2.27. The fraction of sp³-hybridized carbons (Fsp3) is 0.500. The second kappa shape index (κ2) is 7.76. The minimum Gasteiger partial charge on any atom is -0.377 e. The van der Waals surface area contributed by atoms with E-state index in [4.69, 9.17) is 4.74 Å². The molecule has 0 amide bonds. The molecule has 2 aromatic rings. The SMILES string of the molecule is CCn1c(SCC2CCCO2)nnc1-c1ccc(NS(C)(=O)=O)cc1. The van der Waals surface area contributed by atoms with E-state index in [-0.39, 0.29) is 0 Å². The van der Waals surface area contributed by atoms with E-state index in [1.54, 1.807) is 23.9 Å². The second-order valence-corrected chi connectivity index (χ2v) is 8.68. The van der Waals surface area contributed by atoms with Crippen LogP contribution in [0.15, 0.2) is 29.4 Å². The Morgan fingerprint density at radius 1 is 1.32 bits per heavy atom. The van der Waals surface area contributed by atoms with Crippen LogP contribution in [0.1, 0.15) is 19.8 Å². The molecular weight excluding hydrogens is 360 g/mol. The van der Waals surface area contributed by atoms with Gasteiger partial charge in [-0.05, 0) is 44.0 Å². The summed E-state index contributed by atoms with van der Waals surface area (Å²) in [5.41, 5.74) is 1.43. The molecule has 1 aliphatic rings. The summed E-state index contributed by atoms with van der Waals surface area (Å²) in [6.45, 7) is 3.67. The van der Waals surface area contributed by atoms with Crippen LogP contribution >= 0.6 is 11.8 Å². The molecule has 0 aliphatic carbocycles. The molecule has 1 aromatic heterocycles. The zero-order valence-corrected chi connectivity index (χ0v) is 15.9. The van der Waals surface area contributed by atoms with Gasteiger partial charge in [0.05, 0.1) is 12.4 Å². The second-order valence-electron chi connectivity index (χ2n) is 5.95. The van der Waals surface area contributed by atoms with E-state index in [2.05, 4.69) is 26.4 Å². The number of nitrogens with zero attached hydrogens (tertiary/aromatic N) is 3. The van der Waals surface area contributed by atoms with Crippen LogP contribution in [0.2, 0.25) is 0 Å². The lowest BCUT2D eigenvalue weighted by Crippen LogP contribution is -2.09. The van der Waals surface area contributed by atoms with E-state index in [0.29, 0.717) is 11.8 Å². The van der Waals surface area contributed by atoms with Crippen LogP contribution < -0.4 is 4.72 Å². The first-order valence-corrected chi connectivity index (χ1v) is 11.1. The van der Waals surface area contributed by atoms with E-state index in [1.807, 2.05) is 12.1 Å². The number of aromatic nitrogens is 3. The third-order valence-corrected chi connectivity index (χ3v) is 5.61. The maximum Gasteiger partial charge on any atom is 0.229 e. The van der Waals surface area contributed by atoms with E-state index < -0.39 is 10.0 Å². The summed E-state index contributed by atoms with van der Waals surface area (Å²) in [5.74, 6) is 1.67. The van der Waals surface area contributed by atoms with E-state index >= 15 is 0 Å². The number of thioether (sulfide) groups is 1. The smallest absolute Gasteiger partial charge is 0.229 e. The Labute approximate surface area is 152 Å². The van der Waals surface area contributed by atoms with Crippen LogP contribution in [-0.4, -0.2) is 47.9 Å². The molecule has 1 N–H and O–H groups in total. The zero-order valence-electron chi connectivity index (χ0n) is 14.3. The first-order valence-electron chi connectivity index (χ1n) is 8.22. The maximum atomic E-state index is 11.3. The molecule has 1 unspecified atom stereocenters. The third-order valence-electron chi connectivity index (χ3n) is 3.90. The Morgan fingerprint density at radius 3 is 2.68 bits per heavy atom. The number of hydrogen-bond acceptors (Lipinski definition) is 6. The first kappa shape index (κ1) is 18.2. The summed E-state index contributed by atoms with van der Waals surface area (Å²) in [6, 6.07) is 7.14. The lowest BCUT2D eigenvalue weighted by molar-refractivity contribution is 0.129. The molecule has 3 rings (SSSR count). The monoisotopic (exact) mass is 382 g/mol. The fourth-order valence-electron chi connectivity index (χ4n) is 2.74. The minimum atomic E-state index is -3.28. The highest BCUT2D eigenvalue weighted by Gasteiger charge is 2.19. The fourth-order valence-corrected chi connectivity index (χ4v) is 4.37. The van der Waals surface area contributed by atoms with Gasteiger partial charge < -0.3 is 9.30 Å². The van der Waals surface area contributed by atoms with Gasteiger partial charge in [-0.1, -0.05) is 11.8 Å². The maximum absolute atomic E-state index is 11.3. The highest BCUT2D eigenvalue weighted by molar-refractivity contribution is 7.99. The lowest BCUT2D eigenvalue weighted by atomic mass is 10.2. The van der Waals surface area contributed by atoms with Crippen molar-refractivity contribution in [2.24, 2.45) is 0 Å². The van der Waals surface area contributed by atoms with Gasteiger partial charge >= 0.3 is 0 Å². The molecule has 0 spiro atoms. The van der Waals surface area contributed by atoms with Gasteiger partial charge in [0.25, 0.3) is 0 Å². The molecule has 1 saturated heterocycles. The van der Waals surface area contributed by atoms with Crippen molar-refractivity contribution in [3.05, 3.63) is 24.3 Å². The predicted molar refractivity (Wildman–Crippen MR) is 99.3 cm³/mol. The Balaban J connectivity index is 1.75. The van der Waals surface area contributed by atoms with Gasteiger partial charge in [0.1, 0.15) is 0 Å². The molecule has 1 fully saturated rings. The molecule has 25 heavy (non-hydrogen) atoms. The molecule has 7 nitrogen and oxygen atoms in total. The van der Waals surface area contributed by atoms with Gasteiger partial charge in [-0.3, -0.25) is 4.72 Å². The molecule has 1 aromatic carbocycles. The third kappa shape index (κ3) is 4.74.